The van der Waals surface area contributed by atoms with Crippen LogP contribution in [0.15, 0.2) is 28.7 Å². The molecule has 5 heteroatoms. The topological polar surface area (TPSA) is 0 Å². The van der Waals surface area contributed by atoms with Gasteiger partial charge in [-0.3, -0.25) is 0 Å². The van der Waals surface area contributed by atoms with Crippen molar-refractivity contribution < 1.29 is 8.78 Å². The molecule has 1 heterocycles. The second kappa shape index (κ2) is 5.16. The zero-order valence-corrected chi connectivity index (χ0v) is 12.8. The standard InChI is InChI=1S/C12H8Br2F2S/c1-6-2-10(13)12(17-6)11(14)7-3-8(15)5-9(16)4-7/h2-5,11H,1H3. The zero-order valence-electron chi connectivity index (χ0n) is 8.81. The Hall–Kier alpha value is -0.260. The minimum Gasteiger partial charge on any atom is -0.207 e. The van der Waals surface area contributed by atoms with E-state index in [1.165, 1.54) is 12.1 Å². The third-order valence-corrected chi connectivity index (χ3v) is 5.57. The van der Waals surface area contributed by atoms with Gasteiger partial charge in [0, 0.05) is 20.3 Å². The van der Waals surface area contributed by atoms with E-state index in [9.17, 15) is 8.78 Å². The molecule has 0 aliphatic heterocycles. The average molecular weight is 382 g/mol. The Morgan fingerprint density at radius 3 is 2.18 bits per heavy atom. The van der Waals surface area contributed by atoms with Gasteiger partial charge < -0.3 is 0 Å². The molecule has 0 amide bonds. The maximum Gasteiger partial charge on any atom is 0.126 e. The fourth-order valence-electron chi connectivity index (χ4n) is 1.55. The van der Waals surface area contributed by atoms with Crippen LogP contribution < -0.4 is 0 Å². The number of benzene rings is 1. The van der Waals surface area contributed by atoms with Crippen molar-refractivity contribution in [3.63, 3.8) is 0 Å². The second-order valence-corrected chi connectivity index (χ2v) is 6.69. The Kier molecular flexibility index (Phi) is 4.00. The predicted octanol–water partition coefficient (Wildman–Crippen LogP) is 5.58. The van der Waals surface area contributed by atoms with Crippen LogP contribution in [0.1, 0.15) is 20.1 Å². The van der Waals surface area contributed by atoms with Gasteiger partial charge in [0.25, 0.3) is 0 Å². The molecule has 0 spiro atoms. The molecule has 1 atom stereocenters. The lowest BCUT2D eigenvalue weighted by molar-refractivity contribution is 0.580. The molecule has 17 heavy (non-hydrogen) atoms. The summed E-state index contributed by atoms with van der Waals surface area (Å²) in [5.41, 5.74) is 0.574. The summed E-state index contributed by atoms with van der Waals surface area (Å²) in [6, 6.07) is 5.54. The highest BCUT2D eigenvalue weighted by molar-refractivity contribution is 9.11. The number of hydrogen-bond donors (Lipinski definition) is 0. The molecule has 0 saturated heterocycles. The summed E-state index contributed by atoms with van der Waals surface area (Å²) in [5.74, 6) is -1.12. The summed E-state index contributed by atoms with van der Waals surface area (Å²) in [6.07, 6.45) is 0. The van der Waals surface area contributed by atoms with Gasteiger partial charge in [-0.2, -0.15) is 0 Å². The van der Waals surface area contributed by atoms with Gasteiger partial charge in [-0.1, -0.05) is 15.9 Å². The van der Waals surface area contributed by atoms with E-state index >= 15 is 0 Å². The van der Waals surface area contributed by atoms with E-state index in [2.05, 4.69) is 31.9 Å². The van der Waals surface area contributed by atoms with E-state index in [-0.39, 0.29) is 4.83 Å². The van der Waals surface area contributed by atoms with Gasteiger partial charge >= 0.3 is 0 Å². The van der Waals surface area contributed by atoms with Crippen LogP contribution in [0.4, 0.5) is 8.78 Å². The Balaban J connectivity index is 2.43. The molecule has 1 aromatic carbocycles. The summed E-state index contributed by atoms with van der Waals surface area (Å²) in [4.78, 5) is 1.95. The van der Waals surface area contributed by atoms with Crippen molar-refractivity contribution in [1.29, 1.82) is 0 Å². The largest absolute Gasteiger partial charge is 0.207 e. The first-order valence-electron chi connectivity index (χ1n) is 4.83. The number of aryl methyl sites for hydroxylation is 1. The molecule has 0 N–H and O–H groups in total. The summed E-state index contributed by atoms with van der Waals surface area (Å²) >= 11 is 8.51. The SMILES string of the molecule is Cc1cc(Br)c(C(Br)c2cc(F)cc(F)c2)s1. The van der Waals surface area contributed by atoms with Crippen LogP contribution in [0.5, 0.6) is 0 Å². The number of alkyl halides is 1. The highest BCUT2D eigenvalue weighted by atomic mass is 79.9. The lowest BCUT2D eigenvalue weighted by Gasteiger charge is -2.09. The van der Waals surface area contributed by atoms with Crippen molar-refractivity contribution >= 4 is 43.2 Å². The molecule has 0 saturated carbocycles. The Morgan fingerprint density at radius 2 is 1.71 bits per heavy atom. The molecule has 0 aliphatic carbocycles. The summed E-state index contributed by atoms with van der Waals surface area (Å²) in [7, 11) is 0. The molecular formula is C12H8Br2F2S. The van der Waals surface area contributed by atoms with Crippen LogP contribution >= 0.6 is 43.2 Å². The monoisotopic (exact) mass is 380 g/mol. The molecule has 1 aromatic heterocycles. The van der Waals surface area contributed by atoms with Crippen LogP contribution in [0.3, 0.4) is 0 Å². The molecule has 2 rings (SSSR count). The lowest BCUT2D eigenvalue weighted by Crippen LogP contribution is -1.93. The maximum absolute atomic E-state index is 13.1. The van der Waals surface area contributed by atoms with E-state index in [4.69, 9.17) is 0 Å². The molecule has 0 fully saturated rings. The van der Waals surface area contributed by atoms with Gasteiger partial charge in [0.15, 0.2) is 0 Å². The predicted molar refractivity (Wildman–Crippen MR) is 73.9 cm³/mol. The van der Waals surface area contributed by atoms with Gasteiger partial charge in [0.05, 0.1) is 4.83 Å². The van der Waals surface area contributed by atoms with Crippen molar-refractivity contribution in [3.8, 4) is 0 Å². The van der Waals surface area contributed by atoms with Crippen LogP contribution in [-0.4, -0.2) is 0 Å². The number of halogens is 4. The van der Waals surface area contributed by atoms with Crippen molar-refractivity contribution in [3.05, 3.63) is 55.7 Å². The highest BCUT2D eigenvalue weighted by Gasteiger charge is 2.17. The first-order chi connectivity index (χ1) is 7.97. The fourth-order valence-corrected chi connectivity index (χ4v) is 4.53. The molecule has 0 radical (unpaired) electrons. The lowest BCUT2D eigenvalue weighted by atomic mass is 10.1. The van der Waals surface area contributed by atoms with Crippen molar-refractivity contribution in [2.45, 2.75) is 11.8 Å². The second-order valence-electron chi connectivity index (χ2n) is 3.63. The first kappa shape index (κ1) is 13.2. The number of rotatable bonds is 2. The smallest absolute Gasteiger partial charge is 0.126 e. The molecule has 0 aliphatic rings. The van der Waals surface area contributed by atoms with Crippen LogP contribution in [-0.2, 0) is 0 Å². The number of thiophene rings is 1. The van der Waals surface area contributed by atoms with E-state index < -0.39 is 11.6 Å². The van der Waals surface area contributed by atoms with E-state index in [0.717, 1.165) is 20.3 Å². The molecular weight excluding hydrogens is 374 g/mol. The zero-order chi connectivity index (χ0) is 12.6. The van der Waals surface area contributed by atoms with Gasteiger partial charge in [0.1, 0.15) is 11.6 Å². The van der Waals surface area contributed by atoms with Gasteiger partial charge in [-0.05, 0) is 46.6 Å². The third-order valence-electron chi connectivity index (χ3n) is 2.24. The third kappa shape index (κ3) is 2.95. The van der Waals surface area contributed by atoms with Crippen LogP contribution in [0.25, 0.3) is 0 Å². The Labute approximate surface area is 119 Å². The minimum atomic E-state index is -0.561. The van der Waals surface area contributed by atoms with Crippen LogP contribution in [0, 0.1) is 18.6 Å². The Morgan fingerprint density at radius 1 is 1.12 bits per heavy atom. The molecule has 0 bridgehead atoms. The molecule has 0 nitrogen and oxygen atoms in total. The van der Waals surface area contributed by atoms with Gasteiger partial charge in [0.2, 0.25) is 0 Å². The number of hydrogen-bond acceptors (Lipinski definition) is 1. The minimum absolute atomic E-state index is 0.208. The molecule has 90 valence electrons. The molecule has 1 unspecified atom stereocenters. The van der Waals surface area contributed by atoms with E-state index in [0.29, 0.717) is 5.56 Å². The quantitative estimate of drug-likeness (QED) is 0.595. The highest BCUT2D eigenvalue weighted by Crippen LogP contribution is 2.40. The summed E-state index contributed by atoms with van der Waals surface area (Å²) in [5, 5.41) is 0. The Bertz CT molecular complexity index is 531. The first-order valence-corrected chi connectivity index (χ1v) is 7.36. The van der Waals surface area contributed by atoms with Gasteiger partial charge in [-0.25, -0.2) is 8.78 Å². The fraction of sp³-hybridized carbons (Fsp3) is 0.167. The molecule has 2 aromatic rings. The van der Waals surface area contributed by atoms with Crippen molar-refractivity contribution in [1.82, 2.24) is 0 Å². The van der Waals surface area contributed by atoms with Crippen molar-refractivity contribution in [2.75, 3.05) is 0 Å². The normalized spacial score (nSPS) is 12.8. The maximum atomic E-state index is 13.1. The van der Waals surface area contributed by atoms with E-state index in [1.54, 1.807) is 11.3 Å². The van der Waals surface area contributed by atoms with E-state index in [1.807, 2.05) is 13.0 Å². The van der Waals surface area contributed by atoms with Crippen molar-refractivity contribution in [2.24, 2.45) is 0 Å². The summed E-state index contributed by atoms with van der Waals surface area (Å²) < 4.78 is 27.2. The van der Waals surface area contributed by atoms with Gasteiger partial charge in [-0.15, -0.1) is 11.3 Å². The summed E-state index contributed by atoms with van der Waals surface area (Å²) in [6.45, 7) is 1.99. The van der Waals surface area contributed by atoms with Crippen LogP contribution in [0.2, 0.25) is 0 Å². The average Bonchev–Trinajstić information content (AvgIpc) is 2.55.